The van der Waals surface area contributed by atoms with Gasteiger partial charge in [-0.2, -0.15) is 4.31 Å². The van der Waals surface area contributed by atoms with E-state index in [0.29, 0.717) is 29.0 Å². The zero-order valence-corrected chi connectivity index (χ0v) is 16.6. The van der Waals surface area contributed by atoms with Crippen molar-refractivity contribution in [1.29, 1.82) is 0 Å². The largest absolute Gasteiger partial charge is 0.341 e. The van der Waals surface area contributed by atoms with Crippen molar-refractivity contribution in [2.45, 2.75) is 30.0 Å². The van der Waals surface area contributed by atoms with Crippen molar-refractivity contribution in [2.24, 2.45) is 11.8 Å². The molecule has 1 aromatic rings. The number of carbonyl (C=O) groups excluding carboxylic acids is 1. The second-order valence-electron chi connectivity index (χ2n) is 7.06. The highest BCUT2D eigenvalue weighted by molar-refractivity contribution is 7.91. The molecule has 1 unspecified atom stereocenters. The molecule has 3 atom stereocenters. The predicted molar refractivity (Wildman–Crippen MR) is 99.6 cm³/mol. The van der Waals surface area contributed by atoms with E-state index in [1.165, 1.54) is 15.6 Å². The summed E-state index contributed by atoms with van der Waals surface area (Å²) in [5, 5.41) is 3.37. The fourth-order valence-corrected chi connectivity index (χ4v) is 7.25. The van der Waals surface area contributed by atoms with Gasteiger partial charge in [0.05, 0.1) is 0 Å². The van der Waals surface area contributed by atoms with Crippen LogP contribution in [-0.4, -0.2) is 62.3 Å². The number of rotatable bonds is 3. The van der Waals surface area contributed by atoms with E-state index in [4.69, 9.17) is 0 Å². The molecule has 3 aliphatic heterocycles. The molecule has 3 fully saturated rings. The van der Waals surface area contributed by atoms with Gasteiger partial charge in [0.15, 0.2) is 0 Å². The Morgan fingerprint density at radius 2 is 1.92 bits per heavy atom. The SMILES string of the molecule is Cc1ccc(S(=O)(=O)N2CCCC2C(=O)N2C[C@H]3CNC[C@H]3C2)s1.Cl. The topological polar surface area (TPSA) is 69.7 Å². The second-order valence-corrected chi connectivity index (χ2v) is 10.5. The Balaban J connectivity index is 0.00000182. The molecule has 140 valence electrons. The summed E-state index contributed by atoms with van der Waals surface area (Å²) in [5.74, 6) is 1.06. The number of hydrogen-bond donors (Lipinski definition) is 1. The maximum Gasteiger partial charge on any atom is 0.253 e. The van der Waals surface area contributed by atoms with Crippen molar-refractivity contribution in [2.75, 3.05) is 32.7 Å². The van der Waals surface area contributed by atoms with E-state index in [2.05, 4.69) is 5.32 Å². The summed E-state index contributed by atoms with van der Waals surface area (Å²) in [6.07, 6.45) is 1.38. The van der Waals surface area contributed by atoms with Crippen molar-refractivity contribution < 1.29 is 13.2 Å². The van der Waals surface area contributed by atoms with E-state index < -0.39 is 16.1 Å². The van der Waals surface area contributed by atoms with Crippen LogP contribution in [0.3, 0.4) is 0 Å². The van der Waals surface area contributed by atoms with Crippen LogP contribution in [0.5, 0.6) is 0 Å². The second kappa shape index (κ2) is 7.15. The molecule has 4 rings (SSSR count). The van der Waals surface area contributed by atoms with Gasteiger partial charge < -0.3 is 10.2 Å². The first kappa shape index (κ1) is 19.1. The van der Waals surface area contributed by atoms with Crippen molar-refractivity contribution in [3.05, 3.63) is 17.0 Å². The number of fused-ring (bicyclic) bond motifs is 1. The van der Waals surface area contributed by atoms with Crippen LogP contribution in [-0.2, 0) is 14.8 Å². The first-order valence-corrected chi connectivity index (χ1v) is 10.8. The summed E-state index contributed by atoms with van der Waals surface area (Å²) in [7, 11) is -3.57. The van der Waals surface area contributed by atoms with Gasteiger partial charge in [-0.05, 0) is 43.7 Å². The lowest BCUT2D eigenvalue weighted by atomic mass is 10.0. The molecule has 1 N–H and O–H groups in total. The summed E-state index contributed by atoms with van der Waals surface area (Å²) in [6, 6.07) is 2.95. The number of thiophene rings is 1. The van der Waals surface area contributed by atoms with Crippen molar-refractivity contribution in [1.82, 2.24) is 14.5 Å². The average Bonchev–Trinajstić information content (AvgIpc) is 3.29. The standard InChI is InChI=1S/C16H23N3O3S2.ClH/c1-11-4-5-15(23-11)24(21,22)19-6-2-3-14(19)16(20)18-9-12-7-17-8-13(12)10-18;/h4-5,12-14,17H,2-3,6-10H2,1H3;1H/t12-,13+,14?;. The molecular weight excluding hydrogens is 382 g/mol. The number of halogens is 1. The molecule has 3 saturated heterocycles. The molecule has 1 aromatic heterocycles. The van der Waals surface area contributed by atoms with E-state index >= 15 is 0 Å². The van der Waals surface area contributed by atoms with Gasteiger partial charge >= 0.3 is 0 Å². The lowest BCUT2D eigenvalue weighted by Crippen LogP contribution is -2.47. The van der Waals surface area contributed by atoms with Gasteiger partial charge in [-0.25, -0.2) is 8.42 Å². The normalized spacial score (nSPS) is 29.6. The fraction of sp³-hybridized carbons (Fsp3) is 0.688. The highest BCUT2D eigenvalue weighted by Gasteiger charge is 2.45. The van der Waals surface area contributed by atoms with Gasteiger partial charge in [0, 0.05) is 37.6 Å². The van der Waals surface area contributed by atoms with Crippen LogP contribution >= 0.6 is 23.7 Å². The molecule has 1 amide bonds. The van der Waals surface area contributed by atoms with E-state index in [9.17, 15) is 13.2 Å². The highest BCUT2D eigenvalue weighted by atomic mass is 35.5. The Bertz CT molecular complexity index is 740. The number of aryl methyl sites for hydroxylation is 1. The van der Waals surface area contributed by atoms with Crippen LogP contribution in [0.4, 0.5) is 0 Å². The first-order chi connectivity index (χ1) is 11.5. The molecule has 3 aliphatic rings. The Kier molecular flexibility index (Phi) is 5.46. The van der Waals surface area contributed by atoms with Gasteiger partial charge in [-0.3, -0.25) is 4.79 Å². The number of nitrogens with one attached hydrogen (secondary N) is 1. The molecule has 0 radical (unpaired) electrons. The van der Waals surface area contributed by atoms with E-state index in [1.54, 1.807) is 6.07 Å². The minimum absolute atomic E-state index is 0. The van der Waals surface area contributed by atoms with Crippen molar-refractivity contribution in [3.8, 4) is 0 Å². The molecule has 25 heavy (non-hydrogen) atoms. The van der Waals surface area contributed by atoms with Crippen LogP contribution in [0.2, 0.25) is 0 Å². The zero-order valence-electron chi connectivity index (χ0n) is 14.2. The first-order valence-electron chi connectivity index (χ1n) is 8.54. The fourth-order valence-electron chi connectivity index (χ4n) is 4.19. The quantitative estimate of drug-likeness (QED) is 0.823. The molecule has 6 nitrogen and oxygen atoms in total. The number of likely N-dealkylation sites (tertiary alicyclic amines) is 1. The summed E-state index contributed by atoms with van der Waals surface area (Å²) in [6.45, 7) is 5.80. The van der Waals surface area contributed by atoms with Crippen LogP contribution in [0.1, 0.15) is 17.7 Å². The number of amides is 1. The minimum Gasteiger partial charge on any atom is -0.341 e. The molecule has 9 heteroatoms. The van der Waals surface area contributed by atoms with E-state index in [0.717, 1.165) is 37.5 Å². The van der Waals surface area contributed by atoms with Gasteiger partial charge in [0.2, 0.25) is 5.91 Å². The lowest BCUT2D eigenvalue weighted by Gasteiger charge is -2.27. The predicted octanol–water partition coefficient (Wildman–Crippen LogP) is 1.31. The summed E-state index contributed by atoms with van der Waals surface area (Å²) < 4.78 is 27.6. The number of carbonyl (C=O) groups is 1. The average molecular weight is 406 g/mol. The number of nitrogens with zero attached hydrogens (tertiary/aromatic N) is 2. The molecular formula is C16H24ClN3O3S2. The Morgan fingerprint density at radius 1 is 1.24 bits per heavy atom. The maximum atomic E-state index is 13.0. The van der Waals surface area contributed by atoms with Crippen LogP contribution in [0.15, 0.2) is 16.3 Å². The molecule has 0 aliphatic carbocycles. The summed E-state index contributed by atoms with van der Waals surface area (Å²) in [4.78, 5) is 15.8. The molecule has 0 spiro atoms. The third-order valence-corrected chi connectivity index (χ3v) is 8.84. The van der Waals surface area contributed by atoms with Gasteiger partial charge in [-0.15, -0.1) is 23.7 Å². The van der Waals surface area contributed by atoms with Crippen molar-refractivity contribution in [3.63, 3.8) is 0 Å². The molecule has 0 aromatic carbocycles. The van der Waals surface area contributed by atoms with Crippen LogP contribution in [0, 0.1) is 18.8 Å². The third kappa shape index (κ3) is 3.35. The molecule has 0 saturated carbocycles. The number of sulfonamides is 1. The van der Waals surface area contributed by atoms with E-state index in [-0.39, 0.29) is 18.3 Å². The van der Waals surface area contributed by atoms with Crippen molar-refractivity contribution >= 4 is 39.7 Å². The van der Waals surface area contributed by atoms with E-state index in [1.807, 2.05) is 17.9 Å². The maximum absolute atomic E-state index is 13.0. The van der Waals surface area contributed by atoms with Crippen LogP contribution in [0.25, 0.3) is 0 Å². The molecule has 4 heterocycles. The monoisotopic (exact) mass is 405 g/mol. The molecule has 0 bridgehead atoms. The highest BCUT2D eigenvalue weighted by Crippen LogP contribution is 2.33. The van der Waals surface area contributed by atoms with Crippen LogP contribution < -0.4 is 5.32 Å². The smallest absolute Gasteiger partial charge is 0.253 e. The van der Waals surface area contributed by atoms with Gasteiger partial charge in [0.1, 0.15) is 10.3 Å². The Morgan fingerprint density at radius 3 is 2.52 bits per heavy atom. The summed E-state index contributed by atoms with van der Waals surface area (Å²) >= 11 is 1.28. The third-order valence-electron chi connectivity index (χ3n) is 5.47. The Hall–Kier alpha value is -0.670. The van der Waals surface area contributed by atoms with Gasteiger partial charge in [-0.1, -0.05) is 0 Å². The number of hydrogen-bond acceptors (Lipinski definition) is 5. The Labute approximate surface area is 159 Å². The van der Waals surface area contributed by atoms with Gasteiger partial charge in [0.25, 0.3) is 10.0 Å². The zero-order chi connectivity index (χ0) is 16.9. The summed E-state index contributed by atoms with van der Waals surface area (Å²) in [5.41, 5.74) is 0. The minimum atomic E-state index is -3.57. The lowest BCUT2D eigenvalue weighted by molar-refractivity contribution is -0.133.